The van der Waals surface area contributed by atoms with E-state index in [0.717, 1.165) is 4.90 Å². The van der Waals surface area contributed by atoms with E-state index < -0.39 is 18.5 Å². The summed E-state index contributed by atoms with van der Waals surface area (Å²) in [6.45, 7) is -1.17. The van der Waals surface area contributed by atoms with Crippen LogP contribution >= 0.6 is 15.9 Å². The smallest absolute Gasteiger partial charge is 0.363 e. The minimum atomic E-state index is -4.34. The fourth-order valence-electron chi connectivity index (χ4n) is 1.30. The van der Waals surface area contributed by atoms with Crippen LogP contribution in [-0.2, 0) is 5.33 Å². The van der Waals surface area contributed by atoms with E-state index in [1.165, 1.54) is 19.2 Å². The lowest BCUT2D eigenvalue weighted by atomic mass is 10.2. The van der Waals surface area contributed by atoms with E-state index in [1.807, 2.05) is 0 Å². The van der Waals surface area contributed by atoms with E-state index in [1.54, 1.807) is 6.07 Å². The Morgan fingerprint density at radius 3 is 2.38 bits per heavy atom. The lowest BCUT2D eigenvalue weighted by Gasteiger charge is -2.21. The van der Waals surface area contributed by atoms with Crippen molar-refractivity contribution >= 4 is 21.6 Å². The highest BCUT2D eigenvalue weighted by molar-refractivity contribution is 9.08. The lowest BCUT2D eigenvalue weighted by molar-refractivity contribution is -0.119. The predicted molar refractivity (Wildman–Crippen MR) is 58.4 cm³/mol. The van der Waals surface area contributed by atoms with Gasteiger partial charge in [0.05, 0.1) is 5.69 Å². The molecule has 6 heteroatoms. The van der Waals surface area contributed by atoms with E-state index >= 15 is 0 Å². The van der Waals surface area contributed by atoms with Crippen molar-refractivity contribution in [2.75, 3.05) is 18.5 Å². The van der Waals surface area contributed by atoms with Gasteiger partial charge >= 0.3 is 6.18 Å². The highest BCUT2D eigenvalue weighted by atomic mass is 79.9. The van der Waals surface area contributed by atoms with Crippen molar-refractivity contribution in [2.24, 2.45) is 0 Å². The average molecular weight is 300 g/mol. The normalized spacial score (nSPS) is 11.6. The molecule has 0 bridgehead atoms. The summed E-state index contributed by atoms with van der Waals surface area (Å²) in [6, 6.07) is 4.15. The van der Waals surface area contributed by atoms with Gasteiger partial charge in [0.2, 0.25) is 0 Å². The van der Waals surface area contributed by atoms with Crippen LogP contribution in [-0.4, -0.2) is 19.8 Å². The van der Waals surface area contributed by atoms with Gasteiger partial charge in [0.15, 0.2) is 0 Å². The molecule has 0 spiro atoms. The van der Waals surface area contributed by atoms with E-state index in [0.29, 0.717) is 10.9 Å². The fourth-order valence-corrected chi connectivity index (χ4v) is 1.65. The van der Waals surface area contributed by atoms with Crippen molar-refractivity contribution in [1.82, 2.24) is 0 Å². The van der Waals surface area contributed by atoms with E-state index in [-0.39, 0.29) is 5.69 Å². The molecule has 1 aromatic rings. The molecule has 0 fully saturated rings. The summed E-state index contributed by atoms with van der Waals surface area (Å²) in [7, 11) is 1.21. The van der Waals surface area contributed by atoms with Crippen molar-refractivity contribution in [2.45, 2.75) is 11.5 Å². The molecule has 0 aliphatic heterocycles. The second kappa shape index (κ2) is 5.03. The van der Waals surface area contributed by atoms with E-state index in [9.17, 15) is 17.6 Å². The summed E-state index contributed by atoms with van der Waals surface area (Å²) < 4.78 is 49.7. The number of anilines is 1. The fraction of sp³-hybridized carbons (Fsp3) is 0.400. The zero-order chi connectivity index (χ0) is 12.3. The SMILES string of the molecule is CN(CC(F)(F)F)c1ccc(CBr)cc1F. The predicted octanol–water partition coefficient (Wildman–Crippen LogP) is 3.72. The van der Waals surface area contributed by atoms with Crippen molar-refractivity contribution in [3.05, 3.63) is 29.6 Å². The maximum absolute atomic E-state index is 13.4. The molecular formula is C10H10BrF4N. The van der Waals surface area contributed by atoms with Crippen LogP contribution in [0.4, 0.5) is 23.2 Å². The van der Waals surface area contributed by atoms with Gasteiger partial charge in [0.1, 0.15) is 12.4 Å². The van der Waals surface area contributed by atoms with Gasteiger partial charge < -0.3 is 4.90 Å². The lowest BCUT2D eigenvalue weighted by Crippen LogP contribution is -2.31. The standard InChI is InChI=1S/C10H10BrF4N/c1-16(6-10(13,14)15)9-3-2-7(5-11)4-8(9)12/h2-4H,5-6H2,1H3. The molecule has 0 unspecified atom stereocenters. The third kappa shape index (κ3) is 3.66. The molecule has 0 aromatic heterocycles. The molecule has 0 heterocycles. The Labute approximate surface area is 99.2 Å². The summed E-state index contributed by atoms with van der Waals surface area (Å²) in [6.07, 6.45) is -4.34. The summed E-state index contributed by atoms with van der Waals surface area (Å²) in [5, 5.41) is 0.465. The number of hydrogen-bond acceptors (Lipinski definition) is 1. The maximum atomic E-state index is 13.4. The Morgan fingerprint density at radius 1 is 1.31 bits per heavy atom. The van der Waals surface area contributed by atoms with Gasteiger partial charge in [0, 0.05) is 12.4 Å². The quantitative estimate of drug-likeness (QED) is 0.607. The molecule has 0 N–H and O–H groups in total. The van der Waals surface area contributed by atoms with Crippen LogP contribution in [0.5, 0.6) is 0 Å². The molecule has 0 saturated heterocycles. The van der Waals surface area contributed by atoms with Crippen LogP contribution in [0.3, 0.4) is 0 Å². The minimum Gasteiger partial charge on any atom is -0.363 e. The monoisotopic (exact) mass is 299 g/mol. The zero-order valence-electron chi connectivity index (χ0n) is 8.48. The molecule has 1 aromatic carbocycles. The van der Waals surface area contributed by atoms with Gasteiger partial charge in [-0.1, -0.05) is 22.0 Å². The molecule has 90 valence electrons. The Bertz CT molecular complexity index is 364. The molecule has 0 aliphatic rings. The Balaban J connectivity index is 2.88. The molecule has 0 amide bonds. The highest BCUT2D eigenvalue weighted by Crippen LogP contribution is 2.24. The van der Waals surface area contributed by atoms with Crippen molar-refractivity contribution in [1.29, 1.82) is 0 Å². The van der Waals surface area contributed by atoms with Gasteiger partial charge in [-0.2, -0.15) is 13.2 Å². The minimum absolute atomic E-state index is 0.0537. The highest BCUT2D eigenvalue weighted by Gasteiger charge is 2.30. The first-order chi connectivity index (χ1) is 7.33. The zero-order valence-corrected chi connectivity index (χ0v) is 10.1. The molecule has 0 aliphatic carbocycles. The van der Waals surface area contributed by atoms with Gasteiger partial charge in [-0.05, 0) is 17.7 Å². The summed E-state index contributed by atoms with van der Waals surface area (Å²) in [5.41, 5.74) is 0.628. The number of nitrogens with zero attached hydrogens (tertiary/aromatic N) is 1. The second-order valence-electron chi connectivity index (χ2n) is 3.39. The van der Waals surface area contributed by atoms with Crippen molar-refractivity contribution in [3.63, 3.8) is 0 Å². The summed E-state index contributed by atoms with van der Waals surface area (Å²) >= 11 is 3.14. The second-order valence-corrected chi connectivity index (χ2v) is 3.95. The topological polar surface area (TPSA) is 3.24 Å². The number of hydrogen-bond donors (Lipinski definition) is 0. The van der Waals surface area contributed by atoms with Crippen LogP contribution < -0.4 is 4.90 Å². The van der Waals surface area contributed by atoms with E-state index in [4.69, 9.17) is 0 Å². The van der Waals surface area contributed by atoms with Crippen LogP contribution in [0.15, 0.2) is 18.2 Å². The van der Waals surface area contributed by atoms with Crippen molar-refractivity contribution in [3.8, 4) is 0 Å². The Morgan fingerprint density at radius 2 is 1.94 bits per heavy atom. The molecule has 0 atom stereocenters. The Hall–Kier alpha value is -0.780. The van der Waals surface area contributed by atoms with E-state index in [2.05, 4.69) is 15.9 Å². The average Bonchev–Trinajstić information content (AvgIpc) is 2.14. The number of alkyl halides is 4. The maximum Gasteiger partial charge on any atom is 0.405 e. The summed E-state index contributed by atoms with van der Waals surface area (Å²) in [5.74, 6) is -0.649. The Kier molecular flexibility index (Phi) is 4.18. The molecular weight excluding hydrogens is 290 g/mol. The first-order valence-electron chi connectivity index (χ1n) is 4.46. The molecule has 1 rings (SSSR count). The van der Waals surface area contributed by atoms with Gasteiger partial charge in [-0.15, -0.1) is 0 Å². The number of halogens is 5. The third-order valence-electron chi connectivity index (χ3n) is 1.99. The van der Waals surface area contributed by atoms with Crippen LogP contribution in [0.2, 0.25) is 0 Å². The van der Waals surface area contributed by atoms with Crippen LogP contribution in [0, 0.1) is 5.82 Å². The van der Waals surface area contributed by atoms with Gasteiger partial charge in [-0.25, -0.2) is 4.39 Å². The summed E-state index contributed by atoms with van der Waals surface area (Å²) in [4.78, 5) is 0.841. The molecule has 0 saturated carbocycles. The number of benzene rings is 1. The van der Waals surface area contributed by atoms with Crippen LogP contribution in [0.1, 0.15) is 5.56 Å². The molecule has 16 heavy (non-hydrogen) atoms. The first kappa shape index (κ1) is 13.3. The van der Waals surface area contributed by atoms with Crippen LogP contribution in [0.25, 0.3) is 0 Å². The van der Waals surface area contributed by atoms with Crippen molar-refractivity contribution < 1.29 is 17.6 Å². The van der Waals surface area contributed by atoms with Gasteiger partial charge in [0.25, 0.3) is 0 Å². The number of rotatable bonds is 3. The van der Waals surface area contributed by atoms with Gasteiger partial charge in [-0.3, -0.25) is 0 Å². The molecule has 0 radical (unpaired) electrons. The first-order valence-corrected chi connectivity index (χ1v) is 5.58. The third-order valence-corrected chi connectivity index (χ3v) is 2.64. The molecule has 1 nitrogen and oxygen atoms in total. The largest absolute Gasteiger partial charge is 0.405 e.